The molecule has 0 saturated heterocycles. The lowest BCUT2D eigenvalue weighted by Gasteiger charge is -2.34. The van der Waals surface area contributed by atoms with Gasteiger partial charge in [-0.3, -0.25) is 4.79 Å². The van der Waals surface area contributed by atoms with Crippen LogP contribution in [0.15, 0.2) is 0 Å². The largest absolute Gasteiger partial charge is 0.481 e. The van der Waals surface area contributed by atoms with Gasteiger partial charge >= 0.3 is 5.97 Å². The Balaban J connectivity index is 2.03. The molecule has 0 spiro atoms. The van der Waals surface area contributed by atoms with Crippen molar-refractivity contribution in [2.24, 2.45) is 11.8 Å². The quantitative estimate of drug-likeness (QED) is 0.551. The maximum atomic E-state index is 10.7. The minimum absolute atomic E-state index is 0.173. The number of aliphatic hydroxyl groups is 1. The van der Waals surface area contributed by atoms with Gasteiger partial charge in [0.05, 0.1) is 5.92 Å². The van der Waals surface area contributed by atoms with Crippen LogP contribution in [0.2, 0.25) is 0 Å². The third-order valence-electron chi connectivity index (χ3n) is 3.18. The smallest absolute Gasteiger partial charge is 0.308 e. The molecular formula is C11H21NO3. The molecule has 1 fully saturated rings. The van der Waals surface area contributed by atoms with E-state index in [9.17, 15) is 4.79 Å². The number of hydrogen-bond acceptors (Lipinski definition) is 3. The Morgan fingerprint density at radius 3 is 2.73 bits per heavy atom. The third-order valence-corrected chi connectivity index (χ3v) is 3.18. The number of hydrogen-bond donors (Lipinski definition) is 3. The first-order valence-corrected chi connectivity index (χ1v) is 5.72. The molecule has 4 heteroatoms. The Morgan fingerprint density at radius 2 is 2.27 bits per heavy atom. The second-order valence-electron chi connectivity index (χ2n) is 4.51. The number of nitrogens with one attached hydrogen (secondary N) is 1. The minimum atomic E-state index is -0.678. The van der Waals surface area contributed by atoms with Crippen LogP contribution in [0.25, 0.3) is 0 Å². The first-order valence-electron chi connectivity index (χ1n) is 5.72. The lowest BCUT2D eigenvalue weighted by molar-refractivity contribution is -0.146. The Labute approximate surface area is 90.7 Å². The first kappa shape index (κ1) is 12.5. The van der Waals surface area contributed by atoms with Crippen molar-refractivity contribution in [2.75, 3.05) is 13.2 Å². The molecule has 0 aromatic heterocycles. The highest BCUT2D eigenvalue weighted by atomic mass is 16.4. The van der Waals surface area contributed by atoms with Gasteiger partial charge < -0.3 is 15.5 Å². The van der Waals surface area contributed by atoms with Gasteiger partial charge in [-0.15, -0.1) is 0 Å². The molecule has 0 heterocycles. The van der Waals surface area contributed by atoms with Gasteiger partial charge in [0.1, 0.15) is 0 Å². The van der Waals surface area contributed by atoms with E-state index in [0.29, 0.717) is 5.92 Å². The van der Waals surface area contributed by atoms with Gasteiger partial charge in [0.15, 0.2) is 0 Å². The lowest BCUT2D eigenvalue weighted by Crippen LogP contribution is -2.47. The molecule has 3 unspecified atom stereocenters. The maximum Gasteiger partial charge on any atom is 0.308 e. The zero-order valence-electron chi connectivity index (χ0n) is 9.28. The van der Waals surface area contributed by atoms with E-state index in [-0.39, 0.29) is 18.6 Å². The fourth-order valence-corrected chi connectivity index (χ4v) is 1.87. The number of carbonyl (C=O) groups is 1. The number of carboxylic acid groups (broad SMARTS) is 1. The van der Waals surface area contributed by atoms with Crippen molar-refractivity contribution >= 4 is 5.97 Å². The van der Waals surface area contributed by atoms with Crippen molar-refractivity contribution in [1.82, 2.24) is 5.32 Å². The summed E-state index contributed by atoms with van der Waals surface area (Å²) >= 11 is 0. The Kier molecular flexibility index (Phi) is 5.05. The molecule has 15 heavy (non-hydrogen) atoms. The molecule has 4 nitrogen and oxygen atoms in total. The molecule has 0 aromatic carbocycles. The second-order valence-corrected chi connectivity index (χ2v) is 4.51. The van der Waals surface area contributed by atoms with Crippen LogP contribution in [0.4, 0.5) is 0 Å². The summed E-state index contributed by atoms with van der Waals surface area (Å²) < 4.78 is 0. The fourth-order valence-electron chi connectivity index (χ4n) is 1.87. The molecule has 3 atom stereocenters. The molecule has 3 N–H and O–H groups in total. The van der Waals surface area contributed by atoms with Gasteiger partial charge in [0.25, 0.3) is 0 Å². The molecular weight excluding hydrogens is 194 g/mol. The van der Waals surface area contributed by atoms with Crippen molar-refractivity contribution < 1.29 is 15.0 Å². The molecule has 1 aliphatic carbocycles. The average Bonchev–Trinajstić information content (AvgIpc) is 2.14. The van der Waals surface area contributed by atoms with Crippen LogP contribution in [-0.4, -0.2) is 35.4 Å². The van der Waals surface area contributed by atoms with Gasteiger partial charge in [-0.1, -0.05) is 6.92 Å². The Morgan fingerprint density at radius 1 is 1.53 bits per heavy atom. The summed E-state index contributed by atoms with van der Waals surface area (Å²) in [6, 6.07) is 0.173. The summed E-state index contributed by atoms with van der Waals surface area (Å²) in [5.41, 5.74) is 0. The SMILES string of the molecule is CC(CO)CCCNC1CCC1C(=O)O. The number of aliphatic hydroxyl groups excluding tert-OH is 1. The molecule has 0 amide bonds. The molecule has 0 bridgehead atoms. The highest BCUT2D eigenvalue weighted by Gasteiger charge is 2.35. The van der Waals surface area contributed by atoms with E-state index in [1.807, 2.05) is 6.92 Å². The van der Waals surface area contributed by atoms with E-state index in [2.05, 4.69) is 5.32 Å². The Bertz CT molecular complexity index is 208. The highest BCUT2D eigenvalue weighted by molar-refractivity contribution is 5.72. The summed E-state index contributed by atoms with van der Waals surface area (Å²) in [5.74, 6) is -0.508. The van der Waals surface area contributed by atoms with E-state index in [1.54, 1.807) is 0 Å². The van der Waals surface area contributed by atoms with Crippen LogP contribution in [0.5, 0.6) is 0 Å². The standard InChI is InChI=1S/C11H21NO3/c1-8(7-13)3-2-6-12-10-5-4-9(10)11(14)15/h8-10,12-13H,2-7H2,1H3,(H,14,15). The third kappa shape index (κ3) is 3.80. The zero-order chi connectivity index (χ0) is 11.3. The molecule has 1 rings (SSSR count). The lowest BCUT2D eigenvalue weighted by atomic mass is 9.79. The van der Waals surface area contributed by atoms with Crippen LogP contribution in [-0.2, 0) is 4.79 Å². The molecule has 0 aliphatic heterocycles. The van der Waals surface area contributed by atoms with E-state index in [4.69, 9.17) is 10.2 Å². The summed E-state index contributed by atoms with van der Waals surface area (Å²) in [7, 11) is 0. The van der Waals surface area contributed by atoms with Crippen LogP contribution in [0, 0.1) is 11.8 Å². The summed E-state index contributed by atoms with van der Waals surface area (Å²) in [5, 5.41) is 20.9. The summed E-state index contributed by atoms with van der Waals surface area (Å²) in [6.07, 6.45) is 3.78. The molecule has 0 aromatic rings. The van der Waals surface area contributed by atoms with Gasteiger partial charge in [0.2, 0.25) is 0 Å². The predicted molar refractivity (Wildman–Crippen MR) is 57.6 cm³/mol. The van der Waals surface area contributed by atoms with Crippen molar-refractivity contribution in [3.8, 4) is 0 Å². The number of carboxylic acids is 1. The van der Waals surface area contributed by atoms with Crippen molar-refractivity contribution in [2.45, 2.75) is 38.6 Å². The minimum Gasteiger partial charge on any atom is -0.481 e. The normalized spacial score (nSPS) is 27.1. The molecule has 0 radical (unpaired) electrons. The van der Waals surface area contributed by atoms with E-state index < -0.39 is 5.97 Å². The monoisotopic (exact) mass is 215 g/mol. The summed E-state index contributed by atoms with van der Waals surface area (Å²) in [4.78, 5) is 10.7. The van der Waals surface area contributed by atoms with Crippen LogP contribution in [0.1, 0.15) is 32.6 Å². The van der Waals surface area contributed by atoms with Crippen molar-refractivity contribution in [1.29, 1.82) is 0 Å². The van der Waals surface area contributed by atoms with Gasteiger partial charge in [-0.05, 0) is 38.1 Å². The van der Waals surface area contributed by atoms with Crippen molar-refractivity contribution in [3.63, 3.8) is 0 Å². The number of aliphatic carboxylic acids is 1. The number of rotatable bonds is 7. The molecule has 88 valence electrons. The van der Waals surface area contributed by atoms with Crippen LogP contribution < -0.4 is 5.32 Å². The van der Waals surface area contributed by atoms with E-state index in [0.717, 1.165) is 32.2 Å². The average molecular weight is 215 g/mol. The zero-order valence-corrected chi connectivity index (χ0v) is 9.28. The van der Waals surface area contributed by atoms with Gasteiger partial charge in [-0.2, -0.15) is 0 Å². The molecule has 1 saturated carbocycles. The summed E-state index contributed by atoms with van der Waals surface area (Å²) in [6.45, 7) is 3.11. The predicted octanol–water partition coefficient (Wildman–Crippen LogP) is 0.848. The maximum absolute atomic E-state index is 10.7. The topological polar surface area (TPSA) is 69.6 Å². The van der Waals surface area contributed by atoms with Crippen LogP contribution >= 0.6 is 0 Å². The fraction of sp³-hybridized carbons (Fsp3) is 0.909. The van der Waals surface area contributed by atoms with E-state index in [1.165, 1.54) is 0 Å². The van der Waals surface area contributed by atoms with E-state index >= 15 is 0 Å². The second kappa shape index (κ2) is 6.08. The molecule has 1 aliphatic rings. The Hall–Kier alpha value is -0.610. The van der Waals surface area contributed by atoms with Crippen LogP contribution in [0.3, 0.4) is 0 Å². The van der Waals surface area contributed by atoms with Crippen molar-refractivity contribution in [3.05, 3.63) is 0 Å². The highest BCUT2D eigenvalue weighted by Crippen LogP contribution is 2.27. The van der Waals surface area contributed by atoms with Gasteiger partial charge in [-0.25, -0.2) is 0 Å². The van der Waals surface area contributed by atoms with Gasteiger partial charge in [0, 0.05) is 12.6 Å². The first-order chi connectivity index (χ1) is 7.15.